The van der Waals surface area contributed by atoms with Gasteiger partial charge in [0.05, 0.1) is 10.6 Å². The molecule has 2 aromatic rings. The highest BCUT2D eigenvalue weighted by Crippen LogP contribution is 2.42. The van der Waals surface area contributed by atoms with Crippen LogP contribution in [-0.4, -0.2) is 23.3 Å². The molecule has 0 spiro atoms. The van der Waals surface area contributed by atoms with Crippen molar-refractivity contribution in [3.05, 3.63) is 51.6 Å². The number of carbonyl (C=O) groups is 2. The van der Waals surface area contributed by atoms with Gasteiger partial charge in [-0.1, -0.05) is 23.2 Å². The van der Waals surface area contributed by atoms with Crippen molar-refractivity contribution < 1.29 is 9.59 Å². The third kappa shape index (κ3) is 4.09. The fraction of sp³-hybridized carbons (Fsp3) is 0.350. The Morgan fingerprint density at radius 1 is 1.15 bits per heavy atom. The van der Waals surface area contributed by atoms with Crippen molar-refractivity contribution in [3.63, 3.8) is 0 Å². The molecule has 2 heterocycles. The van der Waals surface area contributed by atoms with E-state index >= 15 is 0 Å². The van der Waals surface area contributed by atoms with Crippen LogP contribution in [0.3, 0.4) is 0 Å². The van der Waals surface area contributed by atoms with Crippen molar-refractivity contribution in [1.82, 2.24) is 4.98 Å². The number of pyridine rings is 1. The second-order valence-electron chi connectivity index (χ2n) is 7.03. The van der Waals surface area contributed by atoms with Gasteiger partial charge in [0, 0.05) is 29.9 Å². The highest BCUT2D eigenvalue weighted by atomic mass is 35.5. The van der Waals surface area contributed by atoms with Crippen LogP contribution >= 0.6 is 23.2 Å². The molecule has 1 aromatic heterocycles. The number of nitrogens with zero attached hydrogens (tertiary/aromatic N) is 2. The fourth-order valence-electron chi connectivity index (χ4n) is 3.33. The number of aromatic nitrogens is 1. The van der Waals surface area contributed by atoms with E-state index in [1.165, 1.54) is 6.20 Å². The molecule has 1 N–H and O–H groups in total. The van der Waals surface area contributed by atoms with E-state index in [-0.39, 0.29) is 22.4 Å². The lowest BCUT2D eigenvalue weighted by Gasteiger charge is -2.26. The van der Waals surface area contributed by atoms with Crippen LogP contribution in [0.4, 0.5) is 11.5 Å². The van der Waals surface area contributed by atoms with Crippen LogP contribution in [0.1, 0.15) is 53.9 Å². The maximum absolute atomic E-state index is 12.8. The van der Waals surface area contributed by atoms with Gasteiger partial charge in [0.15, 0.2) is 0 Å². The van der Waals surface area contributed by atoms with Crippen molar-refractivity contribution in [1.29, 1.82) is 0 Å². The van der Waals surface area contributed by atoms with Crippen molar-refractivity contribution >= 4 is 46.5 Å². The van der Waals surface area contributed by atoms with Gasteiger partial charge in [-0.25, -0.2) is 4.98 Å². The topological polar surface area (TPSA) is 62.3 Å². The molecule has 4 rings (SSSR count). The molecule has 0 unspecified atom stereocenters. The third-order valence-electron chi connectivity index (χ3n) is 4.91. The average Bonchev–Trinajstić information content (AvgIpc) is 3.47. The lowest BCUT2D eigenvalue weighted by molar-refractivity contribution is -0.119. The fourth-order valence-corrected chi connectivity index (χ4v) is 3.77. The quantitative estimate of drug-likeness (QED) is 0.777. The van der Waals surface area contributed by atoms with E-state index in [9.17, 15) is 9.59 Å². The summed E-state index contributed by atoms with van der Waals surface area (Å²) in [6, 6.07) is 7.18. The summed E-state index contributed by atoms with van der Waals surface area (Å²) in [6.45, 7) is 0.605. The Labute approximate surface area is 167 Å². The van der Waals surface area contributed by atoms with Crippen molar-refractivity contribution in [3.8, 4) is 0 Å². The van der Waals surface area contributed by atoms with Crippen molar-refractivity contribution in [2.24, 2.45) is 0 Å². The average molecular weight is 404 g/mol. The Kier molecular flexibility index (Phi) is 5.06. The summed E-state index contributed by atoms with van der Waals surface area (Å²) < 4.78 is 0. The number of halogens is 2. The third-order valence-corrected chi connectivity index (χ3v) is 5.43. The number of nitrogens with one attached hydrogen (secondary N) is 1. The molecule has 1 saturated carbocycles. The molecule has 1 aliphatic carbocycles. The maximum atomic E-state index is 12.8. The van der Waals surface area contributed by atoms with Crippen LogP contribution in [0.5, 0.6) is 0 Å². The summed E-state index contributed by atoms with van der Waals surface area (Å²) in [5.41, 5.74) is 2.06. The number of rotatable bonds is 4. The zero-order chi connectivity index (χ0) is 19.0. The van der Waals surface area contributed by atoms with Crippen molar-refractivity contribution in [2.45, 2.75) is 38.0 Å². The zero-order valence-electron chi connectivity index (χ0n) is 14.7. The monoisotopic (exact) mass is 403 g/mol. The minimum absolute atomic E-state index is 0.0198. The van der Waals surface area contributed by atoms with Crippen LogP contribution in [0.25, 0.3) is 0 Å². The first-order valence-corrected chi connectivity index (χ1v) is 9.84. The molecule has 2 fully saturated rings. The van der Waals surface area contributed by atoms with Gasteiger partial charge >= 0.3 is 0 Å². The Bertz CT molecular complexity index is 912. The first-order valence-electron chi connectivity index (χ1n) is 9.09. The second kappa shape index (κ2) is 7.49. The minimum atomic E-state index is -0.350. The Hall–Kier alpha value is -2.11. The van der Waals surface area contributed by atoms with Gasteiger partial charge in [-0.15, -0.1) is 0 Å². The molecule has 0 bridgehead atoms. The van der Waals surface area contributed by atoms with Crippen LogP contribution in [0.2, 0.25) is 10.0 Å². The Balaban J connectivity index is 1.58. The smallest absolute Gasteiger partial charge is 0.257 e. The lowest BCUT2D eigenvalue weighted by Crippen LogP contribution is -2.36. The zero-order valence-corrected chi connectivity index (χ0v) is 16.2. The first-order chi connectivity index (χ1) is 13.0. The van der Waals surface area contributed by atoms with Gasteiger partial charge in [0.1, 0.15) is 5.82 Å². The maximum Gasteiger partial charge on any atom is 0.257 e. The summed E-state index contributed by atoms with van der Waals surface area (Å²) in [5.74, 6) is 0.656. The normalized spacial score (nSPS) is 17.1. The van der Waals surface area contributed by atoms with E-state index in [0.717, 1.165) is 31.2 Å². The van der Waals surface area contributed by atoms with Gasteiger partial charge in [-0.3, -0.25) is 14.5 Å². The van der Waals surface area contributed by atoms with Crippen molar-refractivity contribution in [2.75, 3.05) is 16.8 Å². The molecule has 140 valence electrons. The summed E-state index contributed by atoms with van der Waals surface area (Å²) in [5, 5.41) is 3.70. The van der Waals surface area contributed by atoms with E-state index in [1.807, 2.05) is 12.1 Å². The second-order valence-corrected chi connectivity index (χ2v) is 7.87. The molecular formula is C20H19Cl2N3O2. The number of benzene rings is 1. The van der Waals surface area contributed by atoms with E-state index in [0.29, 0.717) is 35.4 Å². The summed E-state index contributed by atoms with van der Waals surface area (Å²) in [6.07, 6.45) is 6.02. The molecule has 0 radical (unpaired) electrons. The predicted octanol–water partition coefficient (Wildman–Crippen LogP) is 5.04. The number of hydrogen-bond acceptors (Lipinski definition) is 3. The number of anilines is 2. The van der Waals surface area contributed by atoms with Gasteiger partial charge in [0.25, 0.3) is 5.91 Å². The summed E-state index contributed by atoms with van der Waals surface area (Å²) in [4.78, 5) is 30.8. The van der Waals surface area contributed by atoms with Gasteiger partial charge in [0.2, 0.25) is 5.91 Å². The predicted molar refractivity (Wildman–Crippen MR) is 107 cm³/mol. The van der Waals surface area contributed by atoms with Crippen LogP contribution < -0.4 is 10.2 Å². The molecule has 1 aromatic carbocycles. The van der Waals surface area contributed by atoms with Gasteiger partial charge in [-0.2, -0.15) is 0 Å². The minimum Gasteiger partial charge on any atom is -0.322 e. The van der Waals surface area contributed by atoms with E-state index < -0.39 is 0 Å². The molecule has 5 nitrogen and oxygen atoms in total. The lowest BCUT2D eigenvalue weighted by atomic mass is 10.1. The molecule has 1 aliphatic heterocycles. The number of amides is 2. The van der Waals surface area contributed by atoms with Gasteiger partial charge in [-0.05, 0) is 61.4 Å². The molecule has 1 saturated heterocycles. The molecule has 2 aliphatic rings. The Morgan fingerprint density at radius 2 is 1.96 bits per heavy atom. The Morgan fingerprint density at radius 3 is 2.70 bits per heavy atom. The van der Waals surface area contributed by atoms with E-state index in [4.69, 9.17) is 23.2 Å². The van der Waals surface area contributed by atoms with E-state index in [1.54, 1.807) is 17.0 Å². The highest BCUT2D eigenvalue weighted by molar-refractivity contribution is 6.34. The molecule has 7 heteroatoms. The molecule has 27 heavy (non-hydrogen) atoms. The number of piperidine rings is 1. The summed E-state index contributed by atoms with van der Waals surface area (Å²) in [7, 11) is 0. The number of hydrogen-bond donors (Lipinski definition) is 1. The summed E-state index contributed by atoms with van der Waals surface area (Å²) >= 11 is 12.4. The van der Waals surface area contributed by atoms with Crippen LogP contribution in [0, 0.1) is 0 Å². The van der Waals surface area contributed by atoms with Gasteiger partial charge < -0.3 is 5.32 Å². The number of carbonyl (C=O) groups excluding carboxylic acids is 2. The first kappa shape index (κ1) is 18.3. The molecule has 0 atom stereocenters. The largest absolute Gasteiger partial charge is 0.322 e. The van der Waals surface area contributed by atoms with E-state index in [2.05, 4.69) is 10.3 Å². The SMILES string of the molecule is O=C(Nc1cc(Cl)cc(C2CC2)c1)c1cc(N2CCCCC2=O)ncc1Cl. The molecular weight excluding hydrogens is 385 g/mol. The standard InChI is InChI=1S/C20H19Cl2N3O2/c21-14-7-13(12-4-5-12)8-15(9-14)24-20(27)16-10-18(23-11-17(16)22)25-6-2-1-3-19(25)26/h7-12H,1-6H2,(H,24,27). The van der Waals surface area contributed by atoms with Crippen LogP contribution in [-0.2, 0) is 4.79 Å². The highest BCUT2D eigenvalue weighted by Gasteiger charge is 2.25. The van der Waals surface area contributed by atoms with Crippen LogP contribution in [0.15, 0.2) is 30.5 Å². The molecule has 2 amide bonds.